The van der Waals surface area contributed by atoms with Crippen molar-refractivity contribution in [1.82, 2.24) is 0 Å². The molecule has 26 heavy (non-hydrogen) atoms. The van der Waals surface area contributed by atoms with Gasteiger partial charge in [-0.1, -0.05) is 18.2 Å². The van der Waals surface area contributed by atoms with Gasteiger partial charge in [-0.25, -0.2) is 0 Å². The van der Waals surface area contributed by atoms with E-state index in [4.69, 9.17) is 14.7 Å². The average Bonchev–Trinajstić information content (AvgIpc) is 2.73. The van der Waals surface area contributed by atoms with Crippen LogP contribution in [0.15, 0.2) is 42.5 Å². The molecule has 0 radical (unpaired) electrons. The molecule has 2 aromatic rings. The standard InChI is InChI=1S/C20H21NO3S2/c1-23-17-9-6-15(12-18(17)24-2)19(22)20(25-10-3-11-26-20)16-7-4-14(13-21)5-8-16/h4-9,12,19,22H,3,10-11H2,1-2H3. The first kappa shape index (κ1) is 19.0. The van der Waals surface area contributed by atoms with E-state index in [1.165, 1.54) is 0 Å². The second kappa shape index (κ2) is 8.26. The number of hydrogen-bond donors (Lipinski definition) is 1. The molecule has 0 amide bonds. The van der Waals surface area contributed by atoms with Crippen LogP contribution in [0.1, 0.15) is 29.2 Å². The Morgan fingerprint density at radius 2 is 1.69 bits per heavy atom. The molecule has 6 heteroatoms. The van der Waals surface area contributed by atoms with Gasteiger partial charge < -0.3 is 14.6 Å². The minimum absolute atomic E-state index is 0.508. The van der Waals surface area contributed by atoms with Gasteiger partial charge in [0.1, 0.15) is 10.2 Å². The van der Waals surface area contributed by atoms with Gasteiger partial charge in [0.05, 0.1) is 25.9 Å². The van der Waals surface area contributed by atoms with Gasteiger partial charge >= 0.3 is 0 Å². The lowest BCUT2D eigenvalue weighted by Gasteiger charge is -2.40. The molecule has 1 N–H and O–H groups in total. The first-order valence-electron chi connectivity index (χ1n) is 8.33. The van der Waals surface area contributed by atoms with Gasteiger partial charge in [0, 0.05) is 0 Å². The van der Waals surface area contributed by atoms with Gasteiger partial charge in [-0.3, -0.25) is 0 Å². The maximum atomic E-state index is 11.4. The summed E-state index contributed by atoms with van der Waals surface area (Å²) >= 11 is 3.52. The van der Waals surface area contributed by atoms with Gasteiger partial charge in [0.15, 0.2) is 11.5 Å². The molecular weight excluding hydrogens is 366 g/mol. The first-order chi connectivity index (χ1) is 12.6. The highest BCUT2D eigenvalue weighted by molar-refractivity contribution is 8.18. The Hall–Kier alpha value is -1.81. The van der Waals surface area contributed by atoms with Crippen molar-refractivity contribution in [3.8, 4) is 17.6 Å². The lowest BCUT2D eigenvalue weighted by Crippen LogP contribution is -2.30. The molecule has 3 rings (SSSR count). The van der Waals surface area contributed by atoms with Crippen LogP contribution in [0.25, 0.3) is 0 Å². The van der Waals surface area contributed by atoms with E-state index < -0.39 is 10.2 Å². The molecule has 2 aromatic carbocycles. The van der Waals surface area contributed by atoms with E-state index in [0.29, 0.717) is 17.1 Å². The summed E-state index contributed by atoms with van der Waals surface area (Å²) in [4.78, 5) is 0. The molecule has 0 saturated carbocycles. The second-order valence-corrected chi connectivity index (χ2v) is 8.86. The molecule has 0 spiro atoms. The third kappa shape index (κ3) is 3.52. The van der Waals surface area contributed by atoms with Crippen LogP contribution >= 0.6 is 23.5 Å². The molecule has 136 valence electrons. The number of nitrogens with zero attached hydrogens (tertiary/aromatic N) is 1. The predicted octanol–water partition coefficient (Wildman–Crippen LogP) is 4.33. The molecule has 1 aliphatic heterocycles. The highest BCUT2D eigenvalue weighted by Crippen LogP contribution is 2.57. The topological polar surface area (TPSA) is 62.5 Å². The van der Waals surface area contributed by atoms with E-state index in [1.807, 2.05) is 42.5 Å². The third-order valence-electron chi connectivity index (χ3n) is 4.42. The Balaban J connectivity index is 2.03. The fraction of sp³-hybridized carbons (Fsp3) is 0.350. The Labute approximate surface area is 162 Å². The molecule has 4 nitrogen and oxygen atoms in total. The number of rotatable bonds is 5. The fourth-order valence-corrected chi connectivity index (χ4v) is 6.44. The minimum atomic E-state index is -0.717. The Bertz CT molecular complexity index is 796. The Morgan fingerprint density at radius 3 is 2.27 bits per heavy atom. The molecule has 1 atom stereocenters. The van der Waals surface area contributed by atoms with Crippen LogP contribution in [0.4, 0.5) is 0 Å². The summed E-state index contributed by atoms with van der Waals surface area (Å²) in [7, 11) is 3.19. The van der Waals surface area contributed by atoms with Crippen molar-refractivity contribution >= 4 is 23.5 Å². The number of methoxy groups -OCH3 is 2. The SMILES string of the molecule is COc1ccc(C(O)C2(c3ccc(C#N)cc3)SCCCS2)cc1OC. The van der Waals surface area contributed by atoms with Gasteiger partial charge in [-0.15, -0.1) is 23.5 Å². The van der Waals surface area contributed by atoms with Gasteiger partial charge in [0.25, 0.3) is 0 Å². The molecule has 1 saturated heterocycles. The van der Waals surface area contributed by atoms with Crippen molar-refractivity contribution in [3.63, 3.8) is 0 Å². The first-order valence-corrected chi connectivity index (χ1v) is 10.3. The van der Waals surface area contributed by atoms with E-state index >= 15 is 0 Å². The zero-order chi connectivity index (χ0) is 18.6. The molecule has 1 aliphatic rings. The van der Waals surface area contributed by atoms with Crippen LogP contribution in [0, 0.1) is 11.3 Å². The summed E-state index contributed by atoms with van der Waals surface area (Å²) in [6.45, 7) is 0. The molecule has 0 aliphatic carbocycles. The summed E-state index contributed by atoms with van der Waals surface area (Å²) in [5.74, 6) is 3.21. The van der Waals surface area contributed by atoms with E-state index in [-0.39, 0.29) is 0 Å². The van der Waals surface area contributed by atoms with Crippen LogP contribution in [0.3, 0.4) is 0 Å². The number of aliphatic hydroxyl groups is 1. The van der Waals surface area contributed by atoms with Gasteiger partial charge in [-0.05, 0) is 53.3 Å². The summed E-state index contributed by atoms with van der Waals surface area (Å²) in [6.07, 6.45) is 0.400. The van der Waals surface area contributed by atoms with Gasteiger partial charge in [0.2, 0.25) is 0 Å². The zero-order valence-corrected chi connectivity index (χ0v) is 16.4. The van der Waals surface area contributed by atoms with Crippen molar-refractivity contribution in [2.24, 2.45) is 0 Å². The summed E-state index contributed by atoms with van der Waals surface area (Å²) < 4.78 is 10.2. The predicted molar refractivity (Wildman–Crippen MR) is 107 cm³/mol. The van der Waals surface area contributed by atoms with E-state index in [2.05, 4.69) is 6.07 Å². The van der Waals surface area contributed by atoms with Crippen molar-refractivity contribution in [2.45, 2.75) is 16.6 Å². The molecule has 1 unspecified atom stereocenters. The second-order valence-electron chi connectivity index (χ2n) is 5.92. The highest BCUT2D eigenvalue weighted by Gasteiger charge is 2.43. The fourth-order valence-electron chi connectivity index (χ4n) is 3.05. The lowest BCUT2D eigenvalue weighted by molar-refractivity contribution is 0.162. The molecule has 0 bridgehead atoms. The van der Waals surface area contributed by atoms with E-state index in [1.54, 1.807) is 37.7 Å². The Kier molecular flexibility index (Phi) is 6.02. The smallest absolute Gasteiger partial charge is 0.161 e. The summed E-state index contributed by atoms with van der Waals surface area (Å²) in [5.41, 5.74) is 2.43. The molecule has 1 fully saturated rings. The molecule has 0 aromatic heterocycles. The Morgan fingerprint density at radius 1 is 1.04 bits per heavy atom. The van der Waals surface area contributed by atoms with Gasteiger partial charge in [-0.2, -0.15) is 5.26 Å². The minimum Gasteiger partial charge on any atom is -0.493 e. The van der Waals surface area contributed by atoms with E-state index in [0.717, 1.165) is 29.1 Å². The normalized spacial score (nSPS) is 17.2. The lowest BCUT2D eigenvalue weighted by atomic mass is 9.98. The van der Waals surface area contributed by atoms with Crippen LogP contribution in [-0.4, -0.2) is 30.8 Å². The van der Waals surface area contributed by atoms with Crippen LogP contribution in [0.2, 0.25) is 0 Å². The number of aliphatic hydroxyl groups excluding tert-OH is 1. The summed E-state index contributed by atoms with van der Waals surface area (Å²) in [5, 5.41) is 20.4. The maximum Gasteiger partial charge on any atom is 0.161 e. The number of ether oxygens (including phenoxy) is 2. The largest absolute Gasteiger partial charge is 0.493 e. The summed E-state index contributed by atoms with van der Waals surface area (Å²) in [6, 6.07) is 15.2. The van der Waals surface area contributed by atoms with Crippen molar-refractivity contribution in [3.05, 3.63) is 59.2 Å². The highest BCUT2D eigenvalue weighted by atomic mass is 32.2. The number of hydrogen-bond acceptors (Lipinski definition) is 6. The molecular formula is C20H21NO3S2. The number of thioether (sulfide) groups is 2. The third-order valence-corrected chi connectivity index (χ3v) is 7.89. The van der Waals surface area contributed by atoms with Crippen LogP contribution < -0.4 is 9.47 Å². The maximum absolute atomic E-state index is 11.4. The van der Waals surface area contributed by atoms with Crippen molar-refractivity contribution < 1.29 is 14.6 Å². The number of nitriles is 1. The van der Waals surface area contributed by atoms with Crippen molar-refractivity contribution in [2.75, 3.05) is 25.7 Å². The van der Waals surface area contributed by atoms with Crippen LogP contribution in [0.5, 0.6) is 11.5 Å². The quantitative estimate of drug-likeness (QED) is 0.824. The monoisotopic (exact) mass is 387 g/mol. The zero-order valence-electron chi connectivity index (χ0n) is 14.8. The number of benzene rings is 2. The van der Waals surface area contributed by atoms with Crippen molar-refractivity contribution in [1.29, 1.82) is 5.26 Å². The average molecular weight is 388 g/mol. The molecule has 1 heterocycles. The van der Waals surface area contributed by atoms with Crippen LogP contribution in [-0.2, 0) is 4.08 Å². The van der Waals surface area contributed by atoms with E-state index in [9.17, 15) is 5.11 Å².